The molecule has 52 heavy (non-hydrogen) atoms. The molecule has 0 aliphatic carbocycles. The summed E-state index contributed by atoms with van der Waals surface area (Å²) < 4.78 is 52.0. The Morgan fingerprint density at radius 2 is 1.52 bits per heavy atom. The van der Waals surface area contributed by atoms with E-state index in [4.69, 9.17) is 24.3 Å². The Kier molecular flexibility index (Phi) is 10.00. The van der Waals surface area contributed by atoms with Gasteiger partial charge >= 0.3 is 15.6 Å². The summed E-state index contributed by atoms with van der Waals surface area (Å²) in [6, 6.07) is 8.40. The van der Waals surface area contributed by atoms with Gasteiger partial charge in [0.05, 0.1) is 31.3 Å². The number of anilines is 1. The number of ether oxygens (including phenoxy) is 2. The van der Waals surface area contributed by atoms with Crippen molar-refractivity contribution in [3.63, 3.8) is 0 Å². The molecule has 3 unspecified atom stereocenters. The Balaban J connectivity index is 0.944. The van der Waals surface area contributed by atoms with Crippen LogP contribution in [-0.4, -0.2) is 128 Å². The predicted octanol–water partition coefficient (Wildman–Crippen LogP) is -0.731. The number of aliphatic hydroxyl groups excluding tert-OH is 4. The number of hydrogen-bond acceptors (Lipinski definition) is 17. The molecule has 6 heterocycles. The lowest BCUT2D eigenvalue weighted by atomic mass is 9.90. The standard InChI is InChI=1S/C29H33N7O14P2/c30-25-20-26(32-12-31-25)36(13-33-20)29-24(40)22(38)19(49-29)11-47-52(44,45)50-51(42,43)46-10-18-21(37)23(39)28(48-18)35-8-4-7-15-17(35)9-16(34-27(15)41)14-5-2-1-3-6-14/h1-8,12-13,17-19,21-24,28-29,37-40H,9-11H2,(H,42,43)(H,44,45)(H2,30,31,32)/t17?,18-,19-,21-,22-,23-,24-,28-,29-/m1/s1. The number of fused-ring (bicyclic) bond motifs is 2. The third kappa shape index (κ3) is 7.12. The lowest BCUT2D eigenvalue weighted by Gasteiger charge is -2.40. The molecule has 0 spiro atoms. The number of carbonyl (C=O) groups excluding carboxylic acids is 1. The fourth-order valence-electron chi connectivity index (χ4n) is 6.32. The van der Waals surface area contributed by atoms with Crippen molar-refractivity contribution in [3.05, 3.63) is 72.5 Å². The molecule has 278 valence electrons. The van der Waals surface area contributed by atoms with Gasteiger partial charge in [-0.2, -0.15) is 4.31 Å². The molecule has 0 bridgehead atoms. The first-order chi connectivity index (χ1) is 24.7. The fourth-order valence-corrected chi connectivity index (χ4v) is 8.41. The van der Waals surface area contributed by atoms with Gasteiger partial charge in [-0.25, -0.2) is 29.1 Å². The Morgan fingerprint density at radius 3 is 2.19 bits per heavy atom. The molecule has 1 amide bonds. The number of rotatable bonds is 11. The molecule has 11 atom stereocenters. The van der Waals surface area contributed by atoms with E-state index in [1.54, 1.807) is 42.6 Å². The zero-order valence-corrected chi connectivity index (χ0v) is 28.5. The van der Waals surface area contributed by atoms with E-state index in [1.807, 2.05) is 6.07 Å². The quantitative estimate of drug-likeness (QED) is 0.118. The van der Waals surface area contributed by atoms with Crippen LogP contribution in [0.2, 0.25) is 0 Å². The van der Waals surface area contributed by atoms with E-state index in [0.717, 1.165) is 11.9 Å². The van der Waals surface area contributed by atoms with Gasteiger partial charge in [0, 0.05) is 18.2 Å². The summed E-state index contributed by atoms with van der Waals surface area (Å²) in [5, 5.41) is 42.8. The first kappa shape index (κ1) is 36.6. The highest BCUT2D eigenvalue weighted by molar-refractivity contribution is 7.61. The van der Waals surface area contributed by atoms with E-state index in [0.29, 0.717) is 11.3 Å². The first-order valence-electron chi connectivity index (χ1n) is 15.7. The molecular weight excluding hydrogens is 732 g/mol. The van der Waals surface area contributed by atoms with E-state index in [2.05, 4.69) is 24.3 Å². The smallest absolute Gasteiger partial charge is 0.387 e. The number of amides is 1. The predicted molar refractivity (Wildman–Crippen MR) is 174 cm³/mol. The van der Waals surface area contributed by atoms with Crippen LogP contribution in [0, 0.1) is 0 Å². The maximum absolute atomic E-state index is 12.9. The number of phosphoric acid groups is 2. The minimum atomic E-state index is -5.41. The van der Waals surface area contributed by atoms with E-state index in [9.17, 15) is 44.1 Å². The van der Waals surface area contributed by atoms with Crippen molar-refractivity contribution in [1.82, 2.24) is 24.4 Å². The van der Waals surface area contributed by atoms with Crippen molar-refractivity contribution in [2.75, 3.05) is 18.9 Å². The molecule has 7 rings (SSSR count). The summed E-state index contributed by atoms with van der Waals surface area (Å²) >= 11 is 0. The molecule has 0 radical (unpaired) electrons. The van der Waals surface area contributed by atoms with Crippen LogP contribution >= 0.6 is 15.6 Å². The van der Waals surface area contributed by atoms with Gasteiger partial charge in [-0.3, -0.25) is 18.4 Å². The zero-order chi connectivity index (χ0) is 36.9. The number of phosphoric ester groups is 2. The Hall–Kier alpha value is -3.79. The van der Waals surface area contributed by atoms with Crippen LogP contribution in [0.25, 0.3) is 11.2 Å². The molecule has 8 N–H and O–H groups in total. The molecule has 23 heteroatoms. The second-order valence-corrected chi connectivity index (χ2v) is 15.2. The van der Waals surface area contributed by atoms with E-state index in [-0.39, 0.29) is 23.4 Å². The monoisotopic (exact) mass is 765 g/mol. The third-order valence-electron chi connectivity index (χ3n) is 8.87. The summed E-state index contributed by atoms with van der Waals surface area (Å²) in [7, 11) is -10.8. The maximum atomic E-state index is 12.9. The van der Waals surface area contributed by atoms with E-state index < -0.39 is 89.9 Å². The maximum Gasteiger partial charge on any atom is 0.481 e. The van der Waals surface area contributed by atoms with E-state index in [1.165, 1.54) is 15.8 Å². The van der Waals surface area contributed by atoms with Gasteiger partial charge in [0.1, 0.15) is 48.5 Å². The zero-order valence-electron chi connectivity index (χ0n) is 26.7. The van der Waals surface area contributed by atoms with Crippen molar-refractivity contribution < 1.29 is 67.0 Å². The van der Waals surface area contributed by atoms with Crippen LogP contribution in [-0.2, 0) is 36.8 Å². The number of imidazole rings is 1. The number of aliphatic imine (C=N–C) groups is 1. The lowest BCUT2D eigenvalue weighted by Crippen LogP contribution is -2.50. The molecule has 4 aliphatic rings. The van der Waals surface area contributed by atoms with Gasteiger partial charge in [-0.15, -0.1) is 0 Å². The first-order valence-corrected chi connectivity index (χ1v) is 18.7. The number of benzene rings is 1. The average molecular weight is 766 g/mol. The van der Waals surface area contributed by atoms with Crippen LogP contribution in [0.15, 0.2) is 71.9 Å². The van der Waals surface area contributed by atoms with Gasteiger partial charge in [0.15, 0.2) is 23.9 Å². The van der Waals surface area contributed by atoms with E-state index >= 15 is 0 Å². The topological polar surface area (TPSA) is 304 Å². The average Bonchev–Trinajstić information content (AvgIpc) is 3.76. The second kappa shape index (κ2) is 14.2. The van der Waals surface area contributed by atoms with Crippen LogP contribution < -0.4 is 5.73 Å². The van der Waals surface area contributed by atoms with Crippen LogP contribution in [0.1, 0.15) is 18.2 Å². The highest BCUT2D eigenvalue weighted by Gasteiger charge is 2.50. The normalized spacial score (nSPS) is 32.7. The molecule has 4 aliphatic heterocycles. The van der Waals surface area contributed by atoms with Crippen molar-refractivity contribution in [1.29, 1.82) is 0 Å². The van der Waals surface area contributed by atoms with Gasteiger partial charge in [-0.05, 0) is 17.7 Å². The molecule has 3 aromatic rings. The molecule has 2 saturated heterocycles. The van der Waals surface area contributed by atoms with Crippen molar-refractivity contribution in [3.8, 4) is 0 Å². The summed E-state index contributed by atoms with van der Waals surface area (Å²) in [4.78, 5) is 51.0. The minimum Gasteiger partial charge on any atom is -0.387 e. The van der Waals surface area contributed by atoms with Crippen molar-refractivity contribution in [2.45, 2.75) is 61.5 Å². The van der Waals surface area contributed by atoms with Gasteiger partial charge in [0.2, 0.25) is 0 Å². The molecule has 2 aromatic heterocycles. The minimum absolute atomic E-state index is 0.0519. The molecule has 1 aromatic carbocycles. The molecule has 21 nitrogen and oxygen atoms in total. The molecular formula is C29H33N7O14P2. The SMILES string of the molecule is Nc1ncnc2c1ncn2[C@@H]1O[C@H](COP(=O)(O)OP(=O)(O)OC[C@H]2O[C@@H](N3C=CC=C4C(=O)N=C(c5ccccc5)CC43)[C@H](O)[C@@H]2O)[C@@H](O)[C@H]1O. The summed E-state index contributed by atoms with van der Waals surface area (Å²) in [5.41, 5.74) is 7.71. The Morgan fingerprint density at radius 1 is 0.885 bits per heavy atom. The van der Waals surface area contributed by atoms with Crippen LogP contribution in [0.4, 0.5) is 5.82 Å². The number of aliphatic hydroxyl groups is 4. The lowest BCUT2D eigenvalue weighted by molar-refractivity contribution is -0.117. The summed E-state index contributed by atoms with van der Waals surface area (Å²) in [5.74, 6) is -0.431. The van der Waals surface area contributed by atoms with Crippen LogP contribution in [0.3, 0.4) is 0 Å². The Labute approximate surface area is 293 Å². The van der Waals surface area contributed by atoms with Crippen molar-refractivity contribution in [2.24, 2.45) is 4.99 Å². The summed E-state index contributed by atoms with van der Waals surface area (Å²) in [6.45, 7) is -1.79. The van der Waals surface area contributed by atoms with Gasteiger partial charge < -0.3 is 50.3 Å². The number of carbonyl (C=O) groups is 1. The number of hydrogen-bond donors (Lipinski definition) is 7. The van der Waals surface area contributed by atoms with Gasteiger partial charge in [-0.1, -0.05) is 30.3 Å². The number of nitrogen functional groups attached to an aromatic ring is 1. The fraction of sp³-hybridized carbons (Fsp3) is 0.414. The largest absolute Gasteiger partial charge is 0.481 e. The number of nitrogens with two attached hydrogens (primary N) is 1. The van der Waals surface area contributed by atoms with Crippen LogP contribution in [0.5, 0.6) is 0 Å². The molecule has 0 saturated carbocycles. The molecule has 2 fully saturated rings. The highest BCUT2D eigenvalue weighted by atomic mass is 31.3. The highest BCUT2D eigenvalue weighted by Crippen LogP contribution is 2.60. The van der Waals surface area contributed by atoms with Gasteiger partial charge in [0.25, 0.3) is 5.91 Å². The van der Waals surface area contributed by atoms with Crippen molar-refractivity contribution >= 4 is 44.2 Å². The number of aromatic nitrogens is 4. The Bertz CT molecular complexity index is 2030. The number of allylic oxidation sites excluding steroid dienone is 2. The summed E-state index contributed by atoms with van der Waals surface area (Å²) in [6.07, 6.45) is -4.56. The second-order valence-electron chi connectivity index (χ2n) is 12.1. The number of nitrogens with zero attached hydrogens (tertiary/aromatic N) is 6. The third-order valence-corrected chi connectivity index (χ3v) is 11.5.